The molecule has 218 valence electrons. The number of urea groups is 2. The fourth-order valence-electron chi connectivity index (χ4n) is 4.85. The van der Waals surface area contributed by atoms with Gasteiger partial charge in [0, 0.05) is 36.6 Å². The number of nitrogens with zero attached hydrogens (tertiary/aromatic N) is 2. The maximum atomic E-state index is 13.7. The first-order chi connectivity index (χ1) is 19.6. The van der Waals surface area contributed by atoms with Crippen molar-refractivity contribution in [1.82, 2.24) is 15.1 Å². The van der Waals surface area contributed by atoms with Gasteiger partial charge in [0.05, 0.1) is 30.4 Å². The highest BCUT2D eigenvalue weighted by Crippen LogP contribution is 2.31. The number of carbonyl (C=O) groups is 3. The van der Waals surface area contributed by atoms with Crippen LogP contribution in [0.2, 0.25) is 0 Å². The van der Waals surface area contributed by atoms with Crippen LogP contribution < -0.4 is 20.7 Å². The van der Waals surface area contributed by atoms with Crippen LogP contribution in [-0.2, 0) is 0 Å². The molecule has 0 spiro atoms. The molecule has 0 radical (unpaired) electrons. The largest absolute Gasteiger partial charge is 0.487 e. The zero-order valence-electron chi connectivity index (χ0n) is 24.2. The minimum absolute atomic E-state index is 0.0106. The monoisotopic (exact) mass is 561 g/mol. The van der Waals surface area contributed by atoms with E-state index in [-0.39, 0.29) is 36.1 Å². The highest BCUT2D eigenvalue weighted by molar-refractivity contribution is 6.07. The third-order valence-electron chi connectivity index (χ3n) is 7.17. The van der Waals surface area contributed by atoms with Crippen LogP contribution in [0.1, 0.15) is 38.1 Å². The van der Waals surface area contributed by atoms with E-state index in [1.165, 1.54) is 0 Å². The minimum Gasteiger partial charge on any atom is -0.487 e. The maximum absolute atomic E-state index is 13.7. The fourth-order valence-corrected chi connectivity index (χ4v) is 4.85. The number of amides is 5. The average molecular weight is 562 g/mol. The number of aliphatic hydroxyl groups excluding tert-OH is 1. The van der Waals surface area contributed by atoms with Gasteiger partial charge in [0.2, 0.25) is 0 Å². The molecule has 3 atom stereocenters. The van der Waals surface area contributed by atoms with Crippen LogP contribution in [0.4, 0.5) is 21.0 Å². The number of fused-ring (bicyclic) bond motifs is 2. The third-order valence-corrected chi connectivity index (χ3v) is 7.17. The Bertz CT molecular complexity index is 1410. The number of hydrogen-bond donors (Lipinski definition) is 4. The van der Waals surface area contributed by atoms with Gasteiger partial charge in [0.25, 0.3) is 5.91 Å². The Hall–Kier alpha value is -4.31. The van der Waals surface area contributed by atoms with Crippen molar-refractivity contribution in [2.75, 3.05) is 37.4 Å². The van der Waals surface area contributed by atoms with E-state index in [1.807, 2.05) is 63.2 Å². The molecular weight excluding hydrogens is 522 g/mol. The van der Waals surface area contributed by atoms with E-state index in [1.54, 1.807) is 42.0 Å². The smallest absolute Gasteiger partial charge is 0.323 e. The fraction of sp³-hybridized carbons (Fsp3) is 0.387. The summed E-state index contributed by atoms with van der Waals surface area (Å²) in [5.41, 5.74) is 1.34. The Labute approximate surface area is 240 Å². The summed E-state index contributed by atoms with van der Waals surface area (Å²) >= 11 is 0. The van der Waals surface area contributed by atoms with Gasteiger partial charge in [-0.2, -0.15) is 0 Å². The molecule has 0 aromatic heterocycles. The predicted octanol–water partition coefficient (Wildman–Crippen LogP) is 4.75. The molecule has 0 fully saturated rings. The molecule has 10 heteroatoms. The second kappa shape index (κ2) is 12.9. The van der Waals surface area contributed by atoms with E-state index in [2.05, 4.69) is 16.0 Å². The lowest BCUT2D eigenvalue weighted by Gasteiger charge is -2.38. The van der Waals surface area contributed by atoms with E-state index in [4.69, 9.17) is 4.74 Å². The van der Waals surface area contributed by atoms with Crippen LogP contribution in [0.25, 0.3) is 10.8 Å². The number of nitrogens with one attached hydrogen (secondary N) is 3. The number of hydrogen-bond acceptors (Lipinski definition) is 5. The molecule has 4 rings (SSSR count). The van der Waals surface area contributed by atoms with Crippen molar-refractivity contribution in [2.45, 2.75) is 45.9 Å². The van der Waals surface area contributed by atoms with E-state index in [9.17, 15) is 19.5 Å². The summed E-state index contributed by atoms with van der Waals surface area (Å²) in [5, 5.41) is 20.4. The molecule has 1 aliphatic heterocycles. The Morgan fingerprint density at radius 2 is 1.80 bits per heavy atom. The second-order valence-electron chi connectivity index (χ2n) is 10.9. The van der Waals surface area contributed by atoms with Crippen LogP contribution in [0.3, 0.4) is 0 Å². The van der Waals surface area contributed by atoms with E-state index >= 15 is 0 Å². The number of likely N-dealkylation sites (N-methyl/N-ethyl adjacent to an activating group) is 1. The lowest BCUT2D eigenvalue weighted by atomic mass is 9.99. The van der Waals surface area contributed by atoms with Crippen LogP contribution in [0.5, 0.6) is 5.75 Å². The summed E-state index contributed by atoms with van der Waals surface area (Å²) in [4.78, 5) is 42.4. The third kappa shape index (κ3) is 7.07. The van der Waals surface area contributed by atoms with Crippen molar-refractivity contribution in [3.63, 3.8) is 0 Å². The Kier molecular flexibility index (Phi) is 9.34. The molecule has 0 saturated heterocycles. The number of rotatable bonds is 7. The standard InChI is InChI=1S/C31H39N5O5/c1-19(2)32-31(40)35(5)17-28-20(3)16-36(21(4)18-37)29(38)25-15-23(13-14-27(25)41-28)33-30(39)34-26-12-8-10-22-9-6-7-11-24(22)26/h6-15,19-21,28,37H,16-18H2,1-5H3,(H,32,40)(H2,33,34,39)/t20-,21-,28-/m1/s1. The molecule has 0 unspecified atom stereocenters. The Morgan fingerprint density at radius 3 is 2.54 bits per heavy atom. The number of benzene rings is 3. The first kappa shape index (κ1) is 29.7. The van der Waals surface area contributed by atoms with E-state index < -0.39 is 18.2 Å². The topological polar surface area (TPSA) is 123 Å². The molecule has 0 aliphatic carbocycles. The Balaban J connectivity index is 1.59. The summed E-state index contributed by atoms with van der Waals surface area (Å²) in [7, 11) is 1.70. The van der Waals surface area contributed by atoms with E-state index in [0.29, 0.717) is 30.2 Å². The van der Waals surface area contributed by atoms with Gasteiger partial charge in [-0.15, -0.1) is 0 Å². The molecule has 3 aromatic rings. The number of ether oxygens (including phenoxy) is 1. The van der Waals surface area contributed by atoms with Crippen molar-refractivity contribution in [3.05, 3.63) is 66.2 Å². The van der Waals surface area contributed by atoms with Crippen molar-refractivity contribution in [2.24, 2.45) is 5.92 Å². The van der Waals surface area contributed by atoms with Gasteiger partial charge in [-0.3, -0.25) is 4.79 Å². The van der Waals surface area contributed by atoms with Gasteiger partial charge in [0.1, 0.15) is 11.9 Å². The molecular formula is C31H39N5O5. The predicted molar refractivity (Wildman–Crippen MR) is 160 cm³/mol. The first-order valence-corrected chi connectivity index (χ1v) is 13.9. The van der Waals surface area contributed by atoms with Gasteiger partial charge < -0.3 is 35.6 Å². The quantitative estimate of drug-likeness (QED) is 0.331. The second-order valence-corrected chi connectivity index (χ2v) is 10.9. The zero-order chi connectivity index (χ0) is 29.7. The molecule has 0 saturated carbocycles. The number of carbonyl (C=O) groups excluding carboxylic acids is 3. The number of anilines is 2. The van der Waals surface area contributed by atoms with Gasteiger partial charge >= 0.3 is 12.1 Å². The highest BCUT2D eigenvalue weighted by atomic mass is 16.5. The molecule has 0 bridgehead atoms. The summed E-state index contributed by atoms with van der Waals surface area (Å²) in [6.45, 7) is 7.94. The zero-order valence-corrected chi connectivity index (χ0v) is 24.2. The van der Waals surface area contributed by atoms with Crippen LogP contribution in [-0.4, -0.2) is 77.8 Å². The lowest BCUT2D eigenvalue weighted by Crippen LogP contribution is -2.51. The molecule has 5 amide bonds. The molecule has 4 N–H and O–H groups in total. The maximum Gasteiger partial charge on any atom is 0.323 e. The first-order valence-electron chi connectivity index (χ1n) is 13.9. The summed E-state index contributed by atoms with van der Waals surface area (Å²) in [5.74, 6) is -0.102. The summed E-state index contributed by atoms with van der Waals surface area (Å²) < 4.78 is 6.35. The number of aliphatic hydroxyl groups is 1. The Morgan fingerprint density at radius 1 is 1.07 bits per heavy atom. The molecule has 10 nitrogen and oxygen atoms in total. The molecule has 1 aliphatic rings. The molecule has 1 heterocycles. The van der Waals surface area contributed by atoms with Gasteiger partial charge in [0.15, 0.2) is 0 Å². The summed E-state index contributed by atoms with van der Waals surface area (Å²) in [6.07, 6.45) is -0.424. The van der Waals surface area contributed by atoms with Gasteiger partial charge in [-0.1, -0.05) is 43.3 Å². The van der Waals surface area contributed by atoms with Crippen molar-refractivity contribution >= 4 is 40.1 Å². The molecule has 41 heavy (non-hydrogen) atoms. The summed E-state index contributed by atoms with van der Waals surface area (Å²) in [6, 6.07) is 17.2. The lowest BCUT2D eigenvalue weighted by molar-refractivity contribution is 0.0366. The van der Waals surface area contributed by atoms with Crippen LogP contribution >= 0.6 is 0 Å². The van der Waals surface area contributed by atoms with Gasteiger partial charge in [-0.05, 0) is 50.4 Å². The minimum atomic E-state index is -0.453. The normalized spacial score (nSPS) is 17.6. The SMILES string of the molecule is CC(C)NC(=O)N(C)C[C@H]1Oc2ccc(NC(=O)Nc3cccc4ccccc34)cc2C(=O)N([C@H](C)CO)C[C@H]1C. The van der Waals surface area contributed by atoms with Crippen molar-refractivity contribution in [1.29, 1.82) is 0 Å². The van der Waals surface area contributed by atoms with Crippen molar-refractivity contribution < 1.29 is 24.2 Å². The van der Waals surface area contributed by atoms with Crippen molar-refractivity contribution in [3.8, 4) is 5.75 Å². The highest BCUT2D eigenvalue weighted by Gasteiger charge is 2.34. The van der Waals surface area contributed by atoms with Crippen LogP contribution in [0, 0.1) is 5.92 Å². The average Bonchev–Trinajstić information content (AvgIpc) is 2.94. The molecule has 3 aromatic carbocycles. The van der Waals surface area contributed by atoms with E-state index in [0.717, 1.165) is 10.8 Å². The van der Waals surface area contributed by atoms with Gasteiger partial charge in [-0.25, -0.2) is 9.59 Å². The van der Waals surface area contributed by atoms with Crippen LogP contribution in [0.15, 0.2) is 60.7 Å².